The molecule has 2 heteroatoms. The van der Waals surface area contributed by atoms with Gasteiger partial charge in [-0.1, -0.05) is 6.08 Å². The summed E-state index contributed by atoms with van der Waals surface area (Å²) < 4.78 is 1.70. The molecule has 2 aliphatic rings. The van der Waals surface area contributed by atoms with Crippen LogP contribution in [-0.2, 0) is 0 Å². The molecule has 0 aromatic heterocycles. The molecule has 1 unspecified atom stereocenters. The predicted molar refractivity (Wildman–Crippen MR) is 63.7 cm³/mol. The molecule has 1 saturated carbocycles. The van der Waals surface area contributed by atoms with E-state index >= 15 is 0 Å². The molecule has 0 bridgehead atoms. The van der Waals surface area contributed by atoms with Gasteiger partial charge in [0.2, 0.25) is 0 Å². The van der Waals surface area contributed by atoms with Gasteiger partial charge >= 0.3 is 0 Å². The van der Waals surface area contributed by atoms with Crippen molar-refractivity contribution in [2.45, 2.75) is 12.8 Å². The van der Waals surface area contributed by atoms with Crippen molar-refractivity contribution in [3.05, 3.63) is 12.2 Å². The van der Waals surface area contributed by atoms with Crippen molar-refractivity contribution < 1.29 is 0 Å². The molecule has 0 N–H and O–H groups in total. The lowest BCUT2D eigenvalue weighted by atomic mass is 9.68. The largest absolute Gasteiger partial charge is 0.288 e. The standard InChI is InChI=1S/C10H14IN/c1-11-10-8-5-3-7(8)4-6-9(10)12-2/h4,6-8H,3,5H2,1-2H3/t7?,8-/m1/s1. The highest BCUT2D eigenvalue weighted by molar-refractivity contribution is 14.2. The van der Waals surface area contributed by atoms with Gasteiger partial charge in [0.15, 0.2) is 0 Å². The second-order valence-electron chi connectivity index (χ2n) is 3.35. The van der Waals surface area contributed by atoms with E-state index in [4.69, 9.17) is 0 Å². The Kier molecular flexibility index (Phi) is 2.44. The van der Waals surface area contributed by atoms with E-state index in [0.29, 0.717) is 0 Å². The SMILES string of the molecule is CN=C1C=CC2CC[C@H]2C1=IC. The summed E-state index contributed by atoms with van der Waals surface area (Å²) in [5, 5.41) is 0. The van der Waals surface area contributed by atoms with E-state index in [1.165, 1.54) is 18.6 Å². The number of halogens is 1. The molecular weight excluding hydrogens is 261 g/mol. The summed E-state index contributed by atoms with van der Waals surface area (Å²) in [5.74, 6) is 1.77. The lowest BCUT2D eigenvalue weighted by Crippen LogP contribution is -2.37. The van der Waals surface area contributed by atoms with Crippen LogP contribution in [0.4, 0.5) is 0 Å². The second-order valence-corrected chi connectivity index (χ2v) is 5.59. The molecule has 0 aromatic carbocycles. The molecule has 2 aliphatic carbocycles. The minimum atomic E-state index is 0.258. The number of alkyl halides is 1. The molecular formula is C10H14IN. The monoisotopic (exact) mass is 275 g/mol. The third kappa shape index (κ3) is 1.20. The highest BCUT2D eigenvalue weighted by atomic mass is 127. The van der Waals surface area contributed by atoms with Gasteiger partial charge in [0.1, 0.15) is 0 Å². The minimum absolute atomic E-state index is 0.258. The maximum Gasteiger partial charge on any atom is 0.0656 e. The van der Waals surface area contributed by atoms with Gasteiger partial charge in [-0.15, -0.1) is 20.7 Å². The molecule has 66 valence electrons. The summed E-state index contributed by atoms with van der Waals surface area (Å²) in [6.45, 7) is 0. The van der Waals surface area contributed by atoms with Crippen LogP contribution in [-0.4, -0.2) is 21.2 Å². The zero-order chi connectivity index (χ0) is 8.55. The zero-order valence-electron chi connectivity index (χ0n) is 7.55. The topological polar surface area (TPSA) is 12.4 Å². The van der Waals surface area contributed by atoms with Crippen molar-refractivity contribution in [1.29, 1.82) is 0 Å². The lowest BCUT2D eigenvalue weighted by molar-refractivity contribution is 0.312. The molecule has 0 aliphatic heterocycles. The Labute approximate surface area is 83.7 Å². The fourth-order valence-corrected chi connectivity index (χ4v) is 4.52. The first kappa shape index (κ1) is 8.60. The van der Waals surface area contributed by atoms with Crippen molar-refractivity contribution in [3.8, 4) is 0 Å². The maximum absolute atomic E-state index is 4.34. The van der Waals surface area contributed by atoms with Crippen LogP contribution in [0.1, 0.15) is 12.8 Å². The summed E-state index contributed by atoms with van der Waals surface area (Å²) in [6, 6.07) is 0. The minimum Gasteiger partial charge on any atom is -0.288 e. The van der Waals surface area contributed by atoms with Gasteiger partial charge < -0.3 is 0 Å². The molecule has 0 heterocycles. The van der Waals surface area contributed by atoms with Crippen LogP contribution in [0.2, 0.25) is 0 Å². The van der Waals surface area contributed by atoms with E-state index in [2.05, 4.69) is 22.1 Å². The molecule has 0 radical (unpaired) electrons. The molecule has 2 rings (SSSR count). The molecule has 2 atom stereocenters. The highest BCUT2D eigenvalue weighted by Crippen LogP contribution is 2.40. The molecule has 0 amide bonds. The number of rotatable bonds is 0. The van der Waals surface area contributed by atoms with E-state index < -0.39 is 0 Å². The highest BCUT2D eigenvalue weighted by Gasteiger charge is 2.35. The van der Waals surface area contributed by atoms with Crippen LogP contribution in [0.3, 0.4) is 0 Å². The zero-order valence-corrected chi connectivity index (χ0v) is 9.71. The van der Waals surface area contributed by atoms with Gasteiger partial charge in [-0.3, -0.25) is 4.99 Å². The maximum atomic E-state index is 4.34. The number of fused-ring (bicyclic) bond motifs is 1. The molecule has 1 nitrogen and oxygen atoms in total. The number of hydrogen-bond acceptors (Lipinski definition) is 1. The Bertz CT molecular complexity index is 276. The average Bonchev–Trinajstić information content (AvgIpc) is 2.06. The van der Waals surface area contributed by atoms with E-state index in [-0.39, 0.29) is 20.7 Å². The van der Waals surface area contributed by atoms with E-state index in [1.54, 1.807) is 3.51 Å². The lowest BCUT2D eigenvalue weighted by Gasteiger charge is -2.38. The molecule has 12 heavy (non-hydrogen) atoms. The summed E-state index contributed by atoms with van der Waals surface area (Å²) in [6.07, 6.45) is 7.42. The fraction of sp³-hybridized carbons (Fsp3) is 0.600. The van der Waals surface area contributed by atoms with E-state index in [9.17, 15) is 0 Å². The van der Waals surface area contributed by atoms with Crippen molar-refractivity contribution in [2.75, 3.05) is 12.0 Å². The van der Waals surface area contributed by atoms with Crippen LogP contribution < -0.4 is 0 Å². The second kappa shape index (κ2) is 3.40. The van der Waals surface area contributed by atoms with Gasteiger partial charge in [-0.25, -0.2) is 0 Å². The Morgan fingerprint density at radius 1 is 1.50 bits per heavy atom. The van der Waals surface area contributed by atoms with Gasteiger partial charge in [-0.2, -0.15) is 0 Å². The summed E-state index contributed by atoms with van der Waals surface area (Å²) in [7, 11) is 1.91. The summed E-state index contributed by atoms with van der Waals surface area (Å²) in [5.41, 5.74) is 1.30. The Hall–Kier alpha value is 0.01000. The van der Waals surface area contributed by atoms with Crippen LogP contribution in [0, 0.1) is 11.8 Å². The molecule has 0 spiro atoms. The van der Waals surface area contributed by atoms with E-state index in [0.717, 1.165) is 11.8 Å². The van der Waals surface area contributed by atoms with E-state index in [1.807, 2.05) is 7.05 Å². The number of aliphatic imine (C=N–C) groups is 1. The van der Waals surface area contributed by atoms with Gasteiger partial charge in [0.05, 0.1) is 5.71 Å². The Morgan fingerprint density at radius 2 is 2.33 bits per heavy atom. The first-order valence-electron chi connectivity index (χ1n) is 4.38. The first-order chi connectivity index (χ1) is 5.86. The molecule has 1 fully saturated rings. The van der Waals surface area contributed by atoms with Crippen molar-refractivity contribution in [1.82, 2.24) is 0 Å². The Balaban J connectivity index is 2.34. The number of allylic oxidation sites excluding steroid dienone is 2. The van der Waals surface area contributed by atoms with Gasteiger partial charge in [-0.05, 0) is 35.7 Å². The smallest absolute Gasteiger partial charge is 0.0656 e. The van der Waals surface area contributed by atoms with Crippen LogP contribution in [0.5, 0.6) is 0 Å². The van der Waals surface area contributed by atoms with Crippen LogP contribution in [0.15, 0.2) is 17.1 Å². The Morgan fingerprint density at radius 3 is 2.83 bits per heavy atom. The normalized spacial score (nSPS) is 40.5. The van der Waals surface area contributed by atoms with Crippen LogP contribution >= 0.6 is 20.7 Å². The summed E-state index contributed by atoms with van der Waals surface area (Å²) >= 11 is 0.258. The third-order valence-corrected chi connectivity index (χ3v) is 5.36. The number of hydrogen-bond donors (Lipinski definition) is 0. The quantitative estimate of drug-likeness (QED) is 0.475. The third-order valence-electron chi connectivity index (χ3n) is 2.84. The van der Waals surface area contributed by atoms with Crippen molar-refractivity contribution in [3.63, 3.8) is 0 Å². The summed E-state index contributed by atoms with van der Waals surface area (Å²) in [4.78, 5) is 6.69. The predicted octanol–water partition coefficient (Wildman–Crippen LogP) is 2.43. The van der Waals surface area contributed by atoms with Crippen molar-refractivity contribution >= 4 is 30.0 Å². The van der Waals surface area contributed by atoms with Gasteiger partial charge in [0, 0.05) is 10.6 Å². The first-order valence-corrected chi connectivity index (χ1v) is 7.62. The fourth-order valence-electron chi connectivity index (χ4n) is 1.97. The van der Waals surface area contributed by atoms with Gasteiger partial charge in [0.25, 0.3) is 0 Å². The average molecular weight is 275 g/mol. The molecule has 0 aromatic rings. The molecule has 0 saturated heterocycles. The number of nitrogens with zero attached hydrogens (tertiary/aromatic N) is 1. The van der Waals surface area contributed by atoms with Crippen LogP contribution in [0.25, 0.3) is 0 Å². The van der Waals surface area contributed by atoms with Crippen molar-refractivity contribution in [2.24, 2.45) is 16.8 Å².